The topological polar surface area (TPSA) is 57.4 Å². The fraction of sp³-hybridized carbons (Fsp3) is 0.462. The van der Waals surface area contributed by atoms with Crippen molar-refractivity contribution >= 4 is 31.9 Å². The molecule has 33 heavy (non-hydrogen) atoms. The summed E-state index contributed by atoms with van der Waals surface area (Å²) >= 11 is 7.06. The van der Waals surface area contributed by atoms with Crippen LogP contribution >= 0.6 is 31.9 Å². The van der Waals surface area contributed by atoms with Gasteiger partial charge in [-0.15, -0.1) is 10.2 Å². The number of rotatable bonds is 16. The van der Waals surface area contributed by atoms with Gasteiger partial charge < -0.3 is 13.9 Å². The van der Waals surface area contributed by atoms with Crippen molar-refractivity contribution in [1.29, 1.82) is 0 Å². The van der Waals surface area contributed by atoms with Crippen LogP contribution in [0.15, 0.2) is 53.3 Å². The van der Waals surface area contributed by atoms with Gasteiger partial charge in [0.1, 0.15) is 11.5 Å². The standard InChI is InChI=1S/C26H32Br2N2O3/c27-18-21-9-10-23(19-28)25(17-21)32-16-8-6-4-2-1-3-5-7-15-31-24-13-11-22(12-14-24)26-30-29-20-33-26/h9-14,17,20H,1-8,15-16,18-19H2. The lowest BCUT2D eigenvalue weighted by Crippen LogP contribution is -2.00. The van der Waals surface area contributed by atoms with Crippen LogP contribution in [-0.2, 0) is 10.7 Å². The van der Waals surface area contributed by atoms with Gasteiger partial charge in [0.15, 0.2) is 0 Å². The Labute approximate surface area is 213 Å². The lowest BCUT2D eigenvalue weighted by Gasteiger charge is -2.11. The molecular weight excluding hydrogens is 548 g/mol. The monoisotopic (exact) mass is 578 g/mol. The van der Waals surface area contributed by atoms with E-state index in [1.807, 2.05) is 24.3 Å². The summed E-state index contributed by atoms with van der Waals surface area (Å²) in [5.41, 5.74) is 3.36. The van der Waals surface area contributed by atoms with Crippen LogP contribution < -0.4 is 9.47 Å². The maximum absolute atomic E-state index is 6.03. The number of alkyl halides is 2. The van der Waals surface area contributed by atoms with Gasteiger partial charge in [0.2, 0.25) is 12.3 Å². The summed E-state index contributed by atoms with van der Waals surface area (Å²) in [6.07, 6.45) is 11.1. The highest BCUT2D eigenvalue weighted by molar-refractivity contribution is 9.08. The van der Waals surface area contributed by atoms with Crippen molar-refractivity contribution in [2.24, 2.45) is 0 Å². The molecule has 0 amide bonds. The number of hydrogen-bond donors (Lipinski definition) is 0. The Hall–Kier alpha value is -1.86. The van der Waals surface area contributed by atoms with Crippen LogP contribution in [-0.4, -0.2) is 23.4 Å². The van der Waals surface area contributed by atoms with Crippen LogP contribution in [0.3, 0.4) is 0 Å². The molecule has 0 aliphatic heterocycles. The highest BCUT2D eigenvalue weighted by atomic mass is 79.9. The van der Waals surface area contributed by atoms with Crippen LogP contribution in [0.25, 0.3) is 11.5 Å². The lowest BCUT2D eigenvalue weighted by atomic mass is 10.1. The molecule has 3 aromatic rings. The Balaban J connectivity index is 1.16. The van der Waals surface area contributed by atoms with Crippen LogP contribution in [0.5, 0.6) is 11.5 Å². The van der Waals surface area contributed by atoms with Crippen molar-refractivity contribution < 1.29 is 13.9 Å². The smallest absolute Gasteiger partial charge is 0.247 e. The number of unbranched alkanes of at least 4 members (excludes halogenated alkanes) is 7. The maximum atomic E-state index is 6.03. The molecule has 0 fully saturated rings. The number of halogens is 2. The molecule has 0 radical (unpaired) electrons. The van der Waals surface area contributed by atoms with Gasteiger partial charge in [-0.3, -0.25) is 0 Å². The molecule has 2 aromatic carbocycles. The molecule has 0 saturated heterocycles. The third-order valence-electron chi connectivity index (χ3n) is 5.46. The first kappa shape index (κ1) is 25.8. The van der Waals surface area contributed by atoms with Crippen LogP contribution in [0.2, 0.25) is 0 Å². The third kappa shape index (κ3) is 9.13. The van der Waals surface area contributed by atoms with Crippen molar-refractivity contribution in [2.75, 3.05) is 13.2 Å². The average molecular weight is 580 g/mol. The fourth-order valence-electron chi connectivity index (χ4n) is 3.56. The lowest BCUT2D eigenvalue weighted by molar-refractivity contribution is 0.300. The van der Waals surface area contributed by atoms with Gasteiger partial charge in [-0.25, -0.2) is 0 Å². The van der Waals surface area contributed by atoms with E-state index in [4.69, 9.17) is 13.9 Å². The largest absolute Gasteiger partial charge is 0.494 e. The van der Waals surface area contributed by atoms with Crippen molar-refractivity contribution in [3.63, 3.8) is 0 Å². The SMILES string of the molecule is BrCc1ccc(CBr)c(OCCCCCCCCCCOc2ccc(-c3nnco3)cc2)c1. The van der Waals surface area contributed by atoms with E-state index in [0.717, 1.165) is 53.8 Å². The molecule has 5 nitrogen and oxygen atoms in total. The van der Waals surface area contributed by atoms with Crippen molar-refractivity contribution in [2.45, 2.75) is 62.0 Å². The van der Waals surface area contributed by atoms with Gasteiger partial charge in [0.25, 0.3) is 0 Å². The van der Waals surface area contributed by atoms with E-state index in [0.29, 0.717) is 5.89 Å². The van der Waals surface area contributed by atoms with E-state index in [-0.39, 0.29) is 0 Å². The maximum Gasteiger partial charge on any atom is 0.247 e. The molecule has 0 aliphatic carbocycles. The second-order valence-electron chi connectivity index (χ2n) is 8.00. The van der Waals surface area contributed by atoms with E-state index in [9.17, 15) is 0 Å². The van der Waals surface area contributed by atoms with E-state index < -0.39 is 0 Å². The van der Waals surface area contributed by atoms with Crippen LogP contribution in [0.4, 0.5) is 0 Å². The molecule has 0 N–H and O–H groups in total. The number of benzene rings is 2. The molecule has 7 heteroatoms. The average Bonchev–Trinajstić information content (AvgIpc) is 3.40. The minimum atomic E-state index is 0.526. The molecule has 1 heterocycles. The van der Waals surface area contributed by atoms with Crippen LogP contribution in [0, 0.1) is 0 Å². The van der Waals surface area contributed by atoms with E-state index in [2.05, 4.69) is 60.3 Å². The molecule has 0 spiro atoms. The summed E-state index contributed by atoms with van der Waals surface area (Å²) < 4.78 is 17.1. The minimum absolute atomic E-state index is 0.526. The molecular formula is C26H32Br2N2O3. The van der Waals surface area contributed by atoms with E-state index in [1.54, 1.807) is 0 Å². The van der Waals surface area contributed by atoms with Gasteiger partial charge in [-0.2, -0.15) is 0 Å². The molecule has 1 aromatic heterocycles. The number of hydrogen-bond acceptors (Lipinski definition) is 5. The third-order valence-corrected chi connectivity index (χ3v) is 6.71. The van der Waals surface area contributed by atoms with Gasteiger partial charge in [0.05, 0.1) is 13.2 Å². The van der Waals surface area contributed by atoms with Crippen molar-refractivity contribution in [3.8, 4) is 23.0 Å². The molecule has 0 aliphatic rings. The Morgan fingerprint density at radius 3 is 2.00 bits per heavy atom. The summed E-state index contributed by atoms with van der Waals surface area (Å²) in [6.45, 7) is 1.54. The van der Waals surface area contributed by atoms with E-state index in [1.165, 1.54) is 56.0 Å². The predicted molar refractivity (Wildman–Crippen MR) is 139 cm³/mol. The second-order valence-corrected chi connectivity index (χ2v) is 9.12. The first-order valence-electron chi connectivity index (χ1n) is 11.7. The number of nitrogens with zero attached hydrogens (tertiary/aromatic N) is 2. The van der Waals surface area contributed by atoms with Crippen molar-refractivity contribution in [3.05, 3.63) is 60.0 Å². The predicted octanol–water partition coefficient (Wildman–Crippen LogP) is 8.11. The fourth-order valence-corrected chi connectivity index (χ4v) is 4.37. The van der Waals surface area contributed by atoms with E-state index >= 15 is 0 Å². The first-order chi connectivity index (χ1) is 16.3. The van der Waals surface area contributed by atoms with Crippen molar-refractivity contribution in [1.82, 2.24) is 10.2 Å². The number of ether oxygens (including phenoxy) is 2. The Bertz CT molecular complexity index is 918. The molecule has 3 rings (SSSR count). The Kier molecular flexibility index (Phi) is 11.8. The Morgan fingerprint density at radius 1 is 0.727 bits per heavy atom. The summed E-state index contributed by atoms with van der Waals surface area (Å²) in [6, 6.07) is 14.2. The second kappa shape index (κ2) is 15.1. The summed E-state index contributed by atoms with van der Waals surface area (Å²) in [5.74, 6) is 2.41. The normalized spacial score (nSPS) is 11.0. The Morgan fingerprint density at radius 2 is 1.39 bits per heavy atom. The molecule has 0 unspecified atom stereocenters. The molecule has 0 bridgehead atoms. The van der Waals surface area contributed by atoms with Gasteiger partial charge in [0, 0.05) is 21.8 Å². The van der Waals surface area contributed by atoms with Gasteiger partial charge in [-0.1, -0.05) is 82.5 Å². The zero-order valence-corrected chi connectivity index (χ0v) is 22.2. The van der Waals surface area contributed by atoms with Gasteiger partial charge in [-0.05, 0) is 48.7 Å². The quantitative estimate of drug-likeness (QED) is 0.127. The zero-order valence-electron chi connectivity index (χ0n) is 19.0. The summed E-state index contributed by atoms with van der Waals surface area (Å²) in [7, 11) is 0. The van der Waals surface area contributed by atoms with Crippen LogP contribution in [0.1, 0.15) is 62.5 Å². The number of aromatic nitrogens is 2. The highest BCUT2D eigenvalue weighted by Gasteiger charge is 2.05. The molecule has 0 saturated carbocycles. The summed E-state index contributed by atoms with van der Waals surface area (Å²) in [5, 5.41) is 9.28. The molecule has 178 valence electrons. The zero-order chi connectivity index (χ0) is 23.1. The summed E-state index contributed by atoms with van der Waals surface area (Å²) in [4.78, 5) is 0. The van der Waals surface area contributed by atoms with Gasteiger partial charge >= 0.3 is 0 Å². The minimum Gasteiger partial charge on any atom is -0.494 e. The first-order valence-corrected chi connectivity index (χ1v) is 13.9. The molecule has 0 atom stereocenters. The highest BCUT2D eigenvalue weighted by Crippen LogP contribution is 2.25.